The monoisotopic (exact) mass is 269 g/mol. The molecule has 1 fully saturated rings. The molecule has 2 rings (SSSR count). The largest absolute Gasteiger partial charge is 0.327 e. The highest BCUT2D eigenvalue weighted by Gasteiger charge is 2.30. The van der Waals surface area contributed by atoms with Gasteiger partial charge in [-0.25, -0.2) is 18.4 Å². The van der Waals surface area contributed by atoms with Gasteiger partial charge in [-0.15, -0.1) is 0 Å². The van der Waals surface area contributed by atoms with E-state index in [0.29, 0.717) is 18.7 Å². The van der Waals surface area contributed by atoms with Gasteiger partial charge in [-0.2, -0.15) is 0 Å². The van der Waals surface area contributed by atoms with E-state index < -0.39 is 9.84 Å². The maximum Gasteiger partial charge on any atom is 0.151 e. The topological polar surface area (TPSA) is 85.9 Å². The normalized spacial score (nSPS) is 24.0. The van der Waals surface area contributed by atoms with Gasteiger partial charge in [-0.3, -0.25) is 0 Å². The molecule has 0 spiro atoms. The quantitative estimate of drug-likeness (QED) is 0.867. The van der Waals surface area contributed by atoms with Crippen molar-refractivity contribution in [3.63, 3.8) is 0 Å². The third kappa shape index (κ3) is 3.26. The van der Waals surface area contributed by atoms with Gasteiger partial charge in [0.05, 0.1) is 11.5 Å². The average Bonchev–Trinajstić information content (AvgIpc) is 2.70. The van der Waals surface area contributed by atoms with Crippen molar-refractivity contribution in [2.45, 2.75) is 38.1 Å². The summed E-state index contributed by atoms with van der Waals surface area (Å²) in [5.74, 6) is 1.03. The maximum absolute atomic E-state index is 11.4. The standard InChI is InChI=1S/C12H19N3O2S/c1-2-10(13)7-11-3-5-14-12(15-11)9-4-6-18(16,17)8-9/h3,5,9-10H,2,4,6-8,13H2,1H3. The number of aromatic nitrogens is 2. The minimum Gasteiger partial charge on any atom is -0.327 e. The van der Waals surface area contributed by atoms with Crippen LogP contribution in [-0.2, 0) is 16.3 Å². The third-order valence-electron chi connectivity index (χ3n) is 3.33. The van der Waals surface area contributed by atoms with Gasteiger partial charge in [-0.05, 0) is 18.9 Å². The SMILES string of the molecule is CCC(N)Cc1ccnc(C2CCS(=O)(=O)C2)n1. The van der Waals surface area contributed by atoms with Gasteiger partial charge < -0.3 is 5.73 Å². The van der Waals surface area contributed by atoms with Crippen molar-refractivity contribution in [2.24, 2.45) is 5.73 Å². The number of nitrogens with zero attached hydrogens (tertiary/aromatic N) is 2. The number of nitrogens with two attached hydrogens (primary N) is 1. The van der Waals surface area contributed by atoms with Crippen molar-refractivity contribution in [1.82, 2.24) is 9.97 Å². The Kier molecular flexibility index (Phi) is 3.97. The van der Waals surface area contributed by atoms with Crippen LogP contribution in [0.3, 0.4) is 0 Å². The first-order valence-corrected chi connectivity index (χ1v) is 8.10. The highest BCUT2D eigenvalue weighted by atomic mass is 32.2. The van der Waals surface area contributed by atoms with E-state index in [1.54, 1.807) is 6.20 Å². The Morgan fingerprint density at radius 1 is 1.56 bits per heavy atom. The Bertz CT molecular complexity index is 516. The Labute approximate surface area is 108 Å². The van der Waals surface area contributed by atoms with E-state index in [2.05, 4.69) is 9.97 Å². The predicted octanol–water partition coefficient (Wildman–Crippen LogP) is 0.658. The molecule has 100 valence electrons. The zero-order valence-corrected chi connectivity index (χ0v) is 11.4. The second-order valence-electron chi connectivity index (χ2n) is 4.88. The molecule has 1 aliphatic heterocycles. The summed E-state index contributed by atoms with van der Waals surface area (Å²) in [7, 11) is -2.89. The van der Waals surface area contributed by atoms with Gasteiger partial charge >= 0.3 is 0 Å². The summed E-state index contributed by atoms with van der Waals surface area (Å²) in [6.07, 6.45) is 3.94. The molecule has 1 aromatic heterocycles. The van der Waals surface area contributed by atoms with Crippen LogP contribution >= 0.6 is 0 Å². The Balaban J connectivity index is 2.13. The fraction of sp³-hybridized carbons (Fsp3) is 0.667. The van der Waals surface area contributed by atoms with E-state index in [0.717, 1.165) is 12.1 Å². The summed E-state index contributed by atoms with van der Waals surface area (Å²) in [6, 6.07) is 1.95. The molecule has 2 unspecified atom stereocenters. The van der Waals surface area contributed by atoms with Crippen molar-refractivity contribution in [3.8, 4) is 0 Å². The van der Waals surface area contributed by atoms with Crippen molar-refractivity contribution >= 4 is 9.84 Å². The molecule has 0 aromatic carbocycles. The van der Waals surface area contributed by atoms with Crippen LogP contribution < -0.4 is 5.73 Å². The van der Waals surface area contributed by atoms with Crippen LogP contribution in [0.15, 0.2) is 12.3 Å². The first-order chi connectivity index (χ1) is 8.50. The number of hydrogen-bond donors (Lipinski definition) is 1. The lowest BCUT2D eigenvalue weighted by molar-refractivity contribution is 0.600. The molecule has 2 atom stereocenters. The highest BCUT2D eigenvalue weighted by Crippen LogP contribution is 2.26. The molecule has 1 saturated heterocycles. The molecule has 2 N–H and O–H groups in total. The van der Waals surface area contributed by atoms with Gasteiger partial charge in [0.2, 0.25) is 0 Å². The van der Waals surface area contributed by atoms with Crippen LogP contribution in [0.4, 0.5) is 0 Å². The third-order valence-corrected chi connectivity index (χ3v) is 5.09. The predicted molar refractivity (Wildman–Crippen MR) is 70.0 cm³/mol. The summed E-state index contributed by atoms with van der Waals surface area (Å²) < 4.78 is 22.9. The van der Waals surface area contributed by atoms with Gasteiger partial charge in [0.15, 0.2) is 9.84 Å². The lowest BCUT2D eigenvalue weighted by Gasteiger charge is -2.10. The number of rotatable bonds is 4. The van der Waals surface area contributed by atoms with Crippen molar-refractivity contribution < 1.29 is 8.42 Å². The van der Waals surface area contributed by atoms with E-state index in [9.17, 15) is 8.42 Å². The molecule has 18 heavy (non-hydrogen) atoms. The summed E-state index contributed by atoms with van der Waals surface area (Å²) in [6.45, 7) is 2.04. The van der Waals surface area contributed by atoms with Crippen LogP contribution in [0.1, 0.15) is 37.2 Å². The van der Waals surface area contributed by atoms with E-state index in [1.165, 1.54) is 0 Å². The van der Waals surface area contributed by atoms with Crippen LogP contribution in [0.2, 0.25) is 0 Å². The molecular formula is C12H19N3O2S. The molecule has 0 radical (unpaired) electrons. The number of sulfone groups is 1. The molecule has 1 aliphatic rings. The molecule has 1 aromatic rings. The number of hydrogen-bond acceptors (Lipinski definition) is 5. The molecule has 0 amide bonds. The van der Waals surface area contributed by atoms with Crippen LogP contribution in [0.25, 0.3) is 0 Å². The summed E-state index contributed by atoms with van der Waals surface area (Å²) in [4.78, 5) is 8.66. The van der Waals surface area contributed by atoms with E-state index in [-0.39, 0.29) is 23.5 Å². The molecule has 0 bridgehead atoms. The smallest absolute Gasteiger partial charge is 0.151 e. The van der Waals surface area contributed by atoms with Crippen molar-refractivity contribution in [1.29, 1.82) is 0 Å². The molecule has 2 heterocycles. The molecule has 0 aliphatic carbocycles. The minimum atomic E-state index is -2.89. The van der Waals surface area contributed by atoms with Gasteiger partial charge in [0.25, 0.3) is 0 Å². The minimum absolute atomic E-state index is 0.0483. The first kappa shape index (κ1) is 13.4. The fourth-order valence-corrected chi connectivity index (χ4v) is 3.87. The second kappa shape index (κ2) is 5.32. The zero-order valence-electron chi connectivity index (χ0n) is 10.5. The second-order valence-corrected chi connectivity index (χ2v) is 7.11. The zero-order chi connectivity index (χ0) is 13.2. The van der Waals surface area contributed by atoms with Gasteiger partial charge in [0, 0.05) is 30.3 Å². The van der Waals surface area contributed by atoms with Crippen LogP contribution in [0.5, 0.6) is 0 Å². The Morgan fingerprint density at radius 2 is 2.33 bits per heavy atom. The van der Waals surface area contributed by atoms with Crippen LogP contribution in [-0.4, -0.2) is 35.9 Å². The van der Waals surface area contributed by atoms with E-state index in [1.807, 2.05) is 13.0 Å². The summed E-state index contributed by atoms with van der Waals surface area (Å²) in [5, 5.41) is 0. The maximum atomic E-state index is 11.4. The average molecular weight is 269 g/mol. The first-order valence-electron chi connectivity index (χ1n) is 6.28. The Morgan fingerprint density at radius 3 is 2.94 bits per heavy atom. The van der Waals surface area contributed by atoms with Crippen molar-refractivity contribution in [2.75, 3.05) is 11.5 Å². The van der Waals surface area contributed by atoms with Gasteiger partial charge in [0.1, 0.15) is 5.82 Å². The fourth-order valence-electron chi connectivity index (χ4n) is 2.13. The molecule has 6 heteroatoms. The van der Waals surface area contributed by atoms with Gasteiger partial charge in [-0.1, -0.05) is 6.92 Å². The summed E-state index contributed by atoms with van der Waals surface area (Å²) >= 11 is 0. The van der Waals surface area contributed by atoms with Crippen molar-refractivity contribution in [3.05, 3.63) is 23.8 Å². The lowest BCUT2D eigenvalue weighted by Crippen LogP contribution is -2.22. The van der Waals surface area contributed by atoms with E-state index in [4.69, 9.17) is 5.73 Å². The van der Waals surface area contributed by atoms with E-state index >= 15 is 0 Å². The molecular weight excluding hydrogens is 250 g/mol. The molecule has 0 saturated carbocycles. The lowest BCUT2D eigenvalue weighted by atomic mass is 10.1. The molecule has 5 nitrogen and oxygen atoms in total. The summed E-state index contributed by atoms with van der Waals surface area (Å²) in [5.41, 5.74) is 6.80. The highest BCUT2D eigenvalue weighted by molar-refractivity contribution is 7.91. The van der Waals surface area contributed by atoms with Crippen LogP contribution in [0, 0.1) is 0 Å². The Hall–Kier alpha value is -1.01.